The zero-order chi connectivity index (χ0) is 27.5. The molecule has 8 nitrogen and oxygen atoms in total. The highest BCUT2D eigenvalue weighted by atomic mass is 32.2. The fourth-order valence-corrected chi connectivity index (χ4v) is 8.26. The normalized spacial score (nSPS) is 26.7. The molecule has 2 aliphatic rings. The summed E-state index contributed by atoms with van der Waals surface area (Å²) >= 11 is 0. The second kappa shape index (κ2) is 11.5. The first-order valence-electron chi connectivity index (χ1n) is 12.7. The molecule has 5 atom stereocenters. The number of benzene rings is 2. The molecule has 9 heteroatoms. The second-order valence-corrected chi connectivity index (χ2v) is 12.5. The van der Waals surface area contributed by atoms with E-state index in [-0.39, 0.29) is 47.0 Å². The minimum atomic E-state index is -1.53. The van der Waals surface area contributed by atoms with E-state index in [1.54, 1.807) is 19.2 Å². The van der Waals surface area contributed by atoms with Crippen LogP contribution in [0.5, 0.6) is 0 Å². The number of rotatable bonds is 11. The molecule has 2 fully saturated rings. The van der Waals surface area contributed by atoms with Crippen molar-refractivity contribution >= 4 is 22.5 Å². The van der Waals surface area contributed by atoms with Crippen molar-refractivity contribution in [2.45, 2.75) is 58.2 Å². The van der Waals surface area contributed by atoms with Crippen LogP contribution < -0.4 is 0 Å². The maximum absolute atomic E-state index is 14.1. The molecular formula is C29H35NO7S. The fraction of sp³-hybridized carbons (Fsp3) is 0.483. The SMILES string of the molecule is CO[C@@H]1[C@H](S(=O)/C(=C/C(=O)OCc2ccc([N+](=O)[O-])cc2)COCc2ccccc2)C2CC[C@]1(C)C2(C)C. The van der Waals surface area contributed by atoms with Gasteiger partial charge in [-0.15, -0.1) is 0 Å². The minimum Gasteiger partial charge on any atom is -0.458 e. The number of nitro benzene ring substituents is 1. The number of nitrogens with zero attached hydrogens (tertiary/aromatic N) is 1. The molecule has 2 bridgehead atoms. The predicted octanol–water partition coefficient (Wildman–Crippen LogP) is 5.33. The third-order valence-electron chi connectivity index (χ3n) is 8.62. The predicted molar refractivity (Wildman–Crippen MR) is 144 cm³/mol. The number of ether oxygens (including phenoxy) is 3. The summed E-state index contributed by atoms with van der Waals surface area (Å²) in [7, 11) is 0.137. The Kier molecular flexibility index (Phi) is 8.49. The van der Waals surface area contributed by atoms with Gasteiger partial charge < -0.3 is 14.2 Å². The van der Waals surface area contributed by atoms with Crippen LogP contribution in [0.2, 0.25) is 0 Å². The fourth-order valence-electron chi connectivity index (χ4n) is 6.09. The Labute approximate surface area is 226 Å². The average Bonchev–Trinajstić information content (AvgIpc) is 3.23. The molecule has 38 heavy (non-hydrogen) atoms. The summed E-state index contributed by atoms with van der Waals surface area (Å²) < 4.78 is 31.4. The Morgan fingerprint density at radius 1 is 1.08 bits per heavy atom. The molecule has 0 saturated heterocycles. The monoisotopic (exact) mass is 541 g/mol. The quantitative estimate of drug-likeness (QED) is 0.164. The van der Waals surface area contributed by atoms with Gasteiger partial charge in [0.05, 0.1) is 40.3 Å². The molecule has 0 N–H and O–H groups in total. The van der Waals surface area contributed by atoms with Crippen LogP contribution in [0.4, 0.5) is 5.69 Å². The van der Waals surface area contributed by atoms with Crippen molar-refractivity contribution in [3.05, 3.63) is 86.8 Å². The maximum Gasteiger partial charge on any atom is 0.332 e. The van der Waals surface area contributed by atoms with Crippen molar-refractivity contribution in [2.75, 3.05) is 13.7 Å². The number of carbonyl (C=O) groups excluding carboxylic acids is 1. The summed E-state index contributed by atoms with van der Waals surface area (Å²) in [5, 5.41) is 10.6. The Hall–Kier alpha value is -2.88. The smallest absolute Gasteiger partial charge is 0.332 e. The molecule has 0 spiro atoms. The van der Waals surface area contributed by atoms with E-state index < -0.39 is 21.7 Å². The van der Waals surface area contributed by atoms with Gasteiger partial charge in [0.2, 0.25) is 0 Å². The van der Waals surface area contributed by atoms with Crippen LogP contribution >= 0.6 is 0 Å². The molecule has 2 aromatic rings. The van der Waals surface area contributed by atoms with Gasteiger partial charge in [0.15, 0.2) is 0 Å². The third kappa shape index (κ3) is 5.46. The molecule has 0 amide bonds. The number of esters is 1. The second-order valence-electron chi connectivity index (χ2n) is 10.8. The van der Waals surface area contributed by atoms with Gasteiger partial charge in [0.25, 0.3) is 5.69 Å². The molecule has 4 rings (SSSR count). The first kappa shape index (κ1) is 28.1. The van der Waals surface area contributed by atoms with Crippen LogP contribution in [0.15, 0.2) is 65.6 Å². The summed E-state index contributed by atoms with van der Waals surface area (Å²) in [6, 6.07) is 15.5. The number of fused-ring (bicyclic) bond motifs is 2. The van der Waals surface area contributed by atoms with Crippen molar-refractivity contribution in [3.8, 4) is 0 Å². The van der Waals surface area contributed by atoms with Gasteiger partial charge in [-0.2, -0.15) is 0 Å². The number of nitro groups is 1. The zero-order valence-electron chi connectivity index (χ0n) is 22.3. The molecule has 0 aromatic heterocycles. The minimum absolute atomic E-state index is 0.0188. The van der Waals surface area contributed by atoms with E-state index in [0.29, 0.717) is 17.1 Å². The summed E-state index contributed by atoms with van der Waals surface area (Å²) in [4.78, 5) is 23.6. The summed E-state index contributed by atoms with van der Waals surface area (Å²) in [5.74, 6) is -0.454. The summed E-state index contributed by atoms with van der Waals surface area (Å²) in [6.07, 6.45) is 3.05. The van der Waals surface area contributed by atoms with Gasteiger partial charge >= 0.3 is 5.97 Å². The molecule has 0 radical (unpaired) electrons. The van der Waals surface area contributed by atoms with Gasteiger partial charge in [-0.25, -0.2) is 4.79 Å². The Balaban J connectivity index is 1.52. The highest BCUT2D eigenvalue weighted by molar-refractivity contribution is 7.89. The Morgan fingerprint density at radius 2 is 1.74 bits per heavy atom. The molecule has 2 unspecified atom stereocenters. The summed E-state index contributed by atoms with van der Waals surface area (Å²) in [6.45, 7) is 6.94. The van der Waals surface area contributed by atoms with Crippen molar-refractivity contribution < 1.29 is 28.1 Å². The van der Waals surface area contributed by atoms with Crippen LogP contribution in [0.1, 0.15) is 44.7 Å². The molecule has 2 aromatic carbocycles. The topological polar surface area (TPSA) is 105 Å². The molecule has 0 aliphatic heterocycles. The Morgan fingerprint density at radius 3 is 2.37 bits per heavy atom. The molecule has 2 saturated carbocycles. The van der Waals surface area contributed by atoms with Crippen molar-refractivity contribution in [1.82, 2.24) is 0 Å². The number of hydrogen-bond acceptors (Lipinski definition) is 7. The number of carbonyl (C=O) groups is 1. The van der Waals surface area contributed by atoms with E-state index in [9.17, 15) is 19.1 Å². The molecular weight excluding hydrogens is 506 g/mol. The van der Waals surface area contributed by atoms with Crippen LogP contribution in [0.25, 0.3) is 0 Å². The van der Waals surface area contributed by atoms with Gasteiger partial charge in [-0.1, -0.05) is 51.1 Å². The highest BCUT2D eigenvalue weighted by Gasteiger charge is 2.68. The first-order valence-corrected chi connectivity index (χ1v) is 14.0. The highest BCUT2D eigenvalue weighted by Crippen LogP contribution is 2.67. The molecule has 2 aliphatic carbocycles. The van der Waals surface area contributed by atoms with Gasteiger partial charge in [-0.3, -0.25) is 14.3 Å². The molecule has 204 valence electrons. The maximum atomic E-state index is 14.1. The first-order chi connectivity index (χ1) is 18.1. The average molecular weight is 542 g/mol. The van der Waals surface area contributed by atoms with E-state index in [0.717, 1.165) is 18.4 Å². The van der Waals surface area contributed by atoms with Crippen molar-refractivity contribution in [3.63, 3.8) is 0 Å². The largest absolute Gasteiger partial charge is 0.458 e. The lowest BCUT2D eigenvalue weighted by Crippen LogP contribution is -2.43. The van der Waals surface area contributed by atoms with Crippen LogP contribution in [0, 0.1) is 26.9 Å². The van der Waals surface area contributed by atoms with Crippen LogP contribution in [0.3, 0.4) is 0 Å². The van der Waals surface area contributed by atoms with E-state index in [2.05, 4.69) is 20.8 Å². The standard InChI is InChI=1S/C29H35NO7S/c1-28(2)24-14-15-29(28,3)27(35-4)26(24)38(34)23(19-36-17-20-8-6-5-7-9-20)16-25(31)37-18-21-10-12-22(13-11-21)30(32)33/h5-13,16,24,26-27H,14-15,17-19H2,1-4H3/b23-16+/t24?,26-,27-,29+,38?/m1/s1. The van der Waals surface area contributed by atoms with Crippen LogP contribution in [-0.4, -0.2) is 40.2 Å². The van der Waals surface area contributed by atoms with Crippen molar-refractivity contribution in [2.24, 2.45) is 16.7 Å². The lowest BCUT2D eigenvalue weighted by molar-refractivity contribution is -0.384. The number of methoxy groups -OCH3 is 1. The van der Waals surface area contributed by atoms with Crippen molar-refractivity contribution in [1.29, 1.82) is 0 Å². The Bertz CT molecular complexity index is 1210. The molecule has 0 heterocycles. The third-order valence-corrected chi connectivity index (χ3v) is 10.4. The van der Waals surface area contributed by atoms with E-state index in [1.807, 2.05) is 30.3 Å². The zero-order valence-corrected chi connectivity index (χ0v) is 23.1. The van der Waals surface area contributed by atoms with E-state index >= 15 is 0 Å². The number of hydrogen-bond donors (Lipinski definition) is 0. The van der Waals surface area contributed by atoms with E-state index in [4.69, 9.17) is 14.2 Å². The van der Waals surface area contributed by atoms with Gasteiger partial charge in [-0.05, 0) is 47.4 Å². The van der Waals surface area contributed by atoms with Gasteiger partial charge in [0.1, 0.15) is 6.61 Å². The lowest BCUT2D eigenvalue weighted by atomic mass is 9.70. The van der Waals surface area contributed by atoms with Crippen LogP contribution in [-0.2, 0) is 43.0 Å². The lowest BCUT2D eigenvalue weighted by Gasteiger charge is -2.39. The summed E-state index contributed by atoms with van der Waals surface area (Å²) in [5.41, 5.74) is 1.38. The number of non-ortho nitro benzene ring substituents is 1. The van der Waals surface area contributed by atoms with E-state index in [1.165, 1.54) is 18.2 Å². The van der Waals surface area contributed by atoms with Gasteiger partial charge in [0, 0.05) is 35.6 Å².